The van der Waals surface area contributed by atoms with Gasteiger partial charge in [0.05, 0.1) is 21.6 Å². The Balaban J connectivity index is 1.58. The number of pyridine rings is 3. The van der Waals surface area contributed by atoms with Crippen molar-refractivity contribution in [3.05, 3.63) is 113 Å². The van der Waals surface area contributed by atoms with Gasteiger partial charge >= 0.3 is 0 Å². The molecule has 35 heavy (non-hydrogen) atoms. The molecule has 0 aliphatic heterocycles. The maximum absolute atomic E-state index is 14.2. The molecule has 0 saturated carbocycles. The average Bonchev–Trinajstić information content (AvgIpc) is 3.39. The van der Waals surface area contributed by atoms with Gasteiger partial charge in [-0.2, -0.15) is 0 Å². The first-order valence-corrected chi connectivity index (χ1v) is 12.2. The van der Waals surface area contributed by atoms with Crippen molar-refractivity contribution in [1.29, 1.82) is 0 Å². The van der Waals surface area contributed by atoms with Crippen LogP contribution in [0, 0.1) is 0 Å². The predicted octanol–water partition coefficient (Wildman–Crippen LogP) is 6.23. The molecule has 1 atom stereocenters. The highest BCUT2D eigenvalue weighted by Gasteiger charge is 2.20. The molecule has 6 nitrogen and oxygen atoms in total. The van der Waals surface area contributed by atoms with E-state index in [1.165, 1.54) is 0 Å². The fourth-order valence-electron chi connectivity index (χ4n) is 4.48. The highest BCUT2D eigenvalue weighted by Crippen LogP contribution is 2.31. The van der Waals surface area contributed by atoms with Crippen LogP contribution in [0.3, 0.4) is 0 Å². The first-order chi connectivity index (χ1) is 17.2. The molecular formula is C28H21N5OS. The van der Waals surface area contributed by atoms with Gasteiger partial charge in [0.15, 0.2) is 5.82 Å². The van der Waals surface area contributed by atoms with E-state index in [4.69, 9.17) is 0 Å². The van der Waals surface area contributed by atoms with E-state index in [9.17, 15) is 4.79 Å². The van der Waals surface area contributed by atoms with Crippen molar-refractivity contribution in [3.63, 3.8) is 0 Å². The maximum atomic E-state index is 14.2. The van der Waals surface area contributed by atoms with Gasteiger partial charge in [0.25, 0.3) is 5.56 Å². The summed E-state index contributed by atoms with van der Waals surface area (Å²) in [7, 11) is 0. The molecule has 0 aliphatic carbocycles. The highest BCUT2D eigenvalue weighted by molar-refractivity contribution is 7.16. The van der Waals surface area contributed by atoms with Crippen LogP contribution in [0.4, 0.5) is 5.82 Å². The van der Waals surface area contributed by atoms with Crippen LogP contribution < -0.4 is 10.9 Å². The largest absolute Gasteiger partial charge is 0.360 e. The second kappa shape index (κ2) is 8.77. The third-order valence-corrected chi connectivity index (χ3v) is 6.90. The average molecular weight is 476 g/mol. The summed E-state index contributed by atoms with van der Waals surface area (Å²) in [5, 5.41) is 5.05. The van der Waals surface area contributed by atoms with Gasteiger partial charge in [-0.05, 0) is 48.2 Å². The minimum Gasteiger partial charge on any atom is -0.360 e. The Bertz CT molecular complexity index is 1710. The van der Waals surface area contributed by atoms with Crippen LogP contribution in [0.2, 0.25) is 0 Å². The summed E-state index contributed by atoms with van der Waals surface area (Å²) < 4.78 is 2.86. The van der Waals surface area contributed by atoms with E-state index < -0.39 is 0 Å². The standard InChI is InChI=1S/C28H21N5OS/c1-18(32-27-26-24(12-14-30-27)35-17-31-26)23-15-19-7-5-11-22(20-8-6-13-29-16-20)25(19)28(34)33(23)21-9-3-2-4-10-21/h2-18H,1H3,(H,30,32)/t18-/m0/s1. The summed E-state index contributed by atoms with van der Waals surface area (Å²) >= 11 is 1.58. The van der Waals surface area contributed by atoms with Gasteiger partial charge in [-0.3, -0.25) is 14.3 Å². The van der Waals surface area contributed by atoms with E-state index in [1.54, 1.807) is 34.5 Å². The molecule has 7 heteroatoms. The molecule has 0 unspecified atom stereocenters. The van der Waals surface area contributed by atoms with Crippen LogP contribution in [-0.2, 0) is 0 Å². The highest BCUT2D eigenvalue weighted by atomic mass is 32.1. The van der Waals surface area contributed by atoms with Crippen molar-refractivity contribution in [2.24, 2.45) is 0 Å². The van der Waals surface area contributed by atoms with Crippen molar-refractivity contribution in [2.75, 3.05) is 5.32 Å². The minimum atomic E-state index is -0.214. The number of nitrogens with zero attached hydrogens (tertiary/aromatic N) is 4. The van der Waals surface area contributed by atoms with E-state index in [2.05, 4.69) is 26.3 Å². The number of aromatic nitrogens is 4. The van der Waals surface area contributed by atoms with Crippen molar-refractivity contribution in [1.82, 2.24) is 19.5 Å². The molecule has 2 aromatic carbocycles. The lowest BCUT2D eigenvalue weighted by Gasteiger charge is -2.22. The maximum Gasteiger partial charge on any atom is 0.263 e. The second-order valence-corrected chi connectivity index (χ2v) is 9.17. The fourth-order valence-corrected chi connectivity index (χ4v) is 5.16. The number of rotatable bonds is 5. The summed E-state index contributed by atoms with van der Waals surface area (Å²) in [6.45, 7) is 2.04. The normalized spacial score (nSPS) is 12.1. The molecule has 0 amide bonds. The monoisotopic (exact) mass is 475 g/mol. The topological polar surface area (TPSA) is 72.7 Å². The molecule has 1 N–H and O–H groups in total. The number of fused-ring (bicyclic) bond motifs is 2. The summed E-state index contributed by atoms with van der Waals surface area (Å²) in [5.74, 6) is 0.701. The van der Waals surface area contributed by atoms with Gasteiger partial charge in [0.2, 0.25) is 0 Å². The van der Waals surface area contributed by atoms with Crippen molar-refractivity contribution >= 4 is 38.1 Å². The summed E-state index contributed by atoms with van der Waals surface area (Å²) in [5.41, 5.74) is 6.00. The lowest BCUT2D eigenvalue weighted by molar-refractivity contribution is 0.774. The van der Waals surface area contributed by atoms with E-state index in [0.717, 1.165) is 38.1 Å². The van der Waals surface area contributed by atoms with Gasteiger partial charge < -0.3 is 5.32 Å². The Morgan fingerprint density at radius 1 is 0.943 bits per heavy atom. The molecule has 0 radical (unpaired) electrons. The molecule has 170 valence electrons. The molecule has 6 rings (SSSR count). The molecule has 0 aliphatic rings. The third kappa shape index (κ3) is 3.76. The summed E-state index contributed by atoms with van der Waals surface area (Å²) in [4.78, 5) is 27.4. The van der Waals surface area contributed by atoms with Crippen LogP contribution in [0.25, 0.3) is 37.8 Å². The fraction of sp³-hybridized carbons (Fsp3) is 0.0714. The van der Waals surface area contributed by atoms with E-state index >= 15 is 0 Å². The van der Waals surface area contributed by atoms with Crippen molar-refractivity contribution in [2.45, 2.75) is 13.0 Å². The number of hydrogen-bond acceptors (Lipinski definition) is 6. The Morgan fingerprint density at radius 2 is 1.83 bits per heavy atom. The van der Waals surface area contributed by atoms with E-state index in [0.29, 0.717) is 11.2 Å². The number of thiazole rings is 1. The smallest absolute Gasteiger partial charge is 0.263 e. The van der Waals surface area contributed by atoms with Gasteiger partial charge in [-0.15, -0.1) is 11.3 Å². The Morgan fingerprint density at radius 3 is 2.66 bits per heavy atom. The van der Waals surface area contributed by atoms with Crippen molar-refractivity contribution in [3.8, 4) is 16.8 Å². The molecule has 6 aromatic rings. The van der Waals surface area contributed by atoms with Gasteiger partial charge in [0.1, 0.15) is 5.52 Å². The Labute approximate surface area is 205 Å². The Kier molecular flexibility index (Phi) is 5.31. The molecular weight excluding hydrogens is 454 g/mol. The zero-order valence-electron chi connectivity index (χ0n) is 18.9. The minimum absolute atomic E-state index is 0.0726. The zero-order valence-corrected chi connectivity index (χ0v) is 19.7. The summed E-state index contributed by atoms with van der Waals surface area (Å²) in [6, 6.07) is 23.4. The third-order valence-electron chi connectivity index (χ3n) is 6.11. The number of benzene rings is 2. The first-order valence-electron chi connectivity index (χ1n) is 11.3. The number of anilines is 1. The number of nitrogens with one attached hydrogen (secondary N) is 1. The predicted molar refractivity (Wildman–Crippen MR) is 142 cm³/mol. The lowest BCUT2D eigenvalue weighted by Crippen LogP contribution is -2.26. The van der Waals surface area contributed by atoms with Crippen LogP contribution >= 0.6 is 11.3 Å². The van der Waals surface area contributed by atoms with E-state index in [1.807, 2.05) is 79.2 Å². The lowest BCUT2D eigenvalue weighted by atomic mass is 9.99. The molecule has 0 fully saturated rings. The van der Waals surface area contributed by atoms with Crippen LogP contribution in [-0.4, -0.2) is 19.5 Å². The number of para-hydroxylation sites is 1. The Hall–Kier alpha value is -4.36. The first kappa shape index (κ1) is 21.2. The summed E-state index contributed by atoms with van der Waals surface area (Å²) in [6.07, 6.45) is 5.30. The van der Waals surface area contributed by atoms with Gasteiger partial charge in [0, 0.05) is 35.5 Å². The quantitative estimate of drug-likeness (QED) is 0.320. The zero-order chi connectivity index (χ0) is 23.8. The van der Waals surface area contributed by atoms with Crippen LogP contribution in [0.1, 0.15) is 18.7 Å². The molecule has 0 bridgehead atoms. The molecule has 4 aromatic heterocycles. The van der Waals surface area contributed by atoms with E-state index in [-0.39, 0.29) is 11.6 Å². The second-order valence-electron chi connectivity index (χ2n) is 8.28. The molecule has 0 spiro atoms. The molecule has 0 saturated heterocycles. The van der Waals surface area contributed by atoms with Crippen LogP contribution in [0.5, 0.6) is 0 Å². The van der Waals surface area contributed by atoms with Crippen LogP contribution in [0.15, 0.2) is 102 Å². The van der Waals surface area contributed by atoms with Gasteiger partial charge in [-0.25, -0.2) is 9.97 Å². The SMILES string of the molecule is C[C@H](Nc1nccc2scnc12)c1cc2cccc(-c3cccnc3)c2c(=O)n1-c1ccccc1. The molecule has 4 heterocycles. The van der Waals surface area contributed by atoms with Crippen molar-refractivity contribution < 1.29 is 0 Å². The number of hydrogen-bond donors (Lipinski definition) is 1. The van der Waals surface area contributed by atoms with Gasteiger partial charge in [-0.1, -0.05) is 42.5 Å².